The van der Waals surface area contributed by atoms with Crippen molar-refractivity contribution in [3.63, 3.8) is 0 Å². The summed E-state index contributed by atoms with van der Waals surface area (Å²) in [4.78, 5) is 28.1. The van der Waals surface area contributed by atoms with E-state index in [1.165, 1.54) is 18.4 Å². The molecule has 140 valence electrons. The fraction of sp³-hybridized carbons (Fsp3) is 0.316. The van der Waals surface area contributed by atoms with E-state index >= 15 is 0 Å². The quantitative estimate of drug-likeness (QED) is 0.623. The van der Waals surface area contributed by atoms with Crippen LogP contribution in [0.25, 0.3) is 15.9 Å². The van der Waals surface area contributed by atoms with E-state index in [0.29, 0.717) is 22.9 Å². The lowest BCUT2D eigenvalue weighted by molar-refractivity contribution is -0.145. The van der Waals surface area contributed by atoms with Crippen molar-refractivity contribution in [3.05, 3.63) is 45.9 Å². The molecule has 0 spiro atoms. The van der Waals surface area contributed by atoms with Gasteiger partial charge in [0.15, 0.2) is 0 Å². The Bertz CT molecular complexity index is 1040. The van der Waals surface area contributed by atoms with Crippen LogP contribution in [0.15, 0.2) is 30.3 Å². The Morgan fingerprint density at radius 2 is 2.11 bits per heavy atom. The first-order chi connectivity index (χ1) is 13.0. The zero-order chi connectivity index (χ0) is 19.1. The lowest BCUT2D eigenvalue weighted by atomic mass is 10.2. The Morgan fingerprint density at radius 3 is 2.85 bits per heavy atom. The number of esters is 1. The van der Waals surface area contributed by atoms with Crippen LogP contribution >= 0.6 is 22.9 Å². The number of carbonyl (C=O) groups is 2. The second kappa shape index (κ2) is 6.98. The summed E-state index contributed by atoms with van der Waals surface area (Å²) in [5.41, 5.74) is 1.60. The molecule has 0 radical (unpaired) electrons. The maximum absolute atomic E-state index is 13.0. The van der Waals surface area contributed by atoms with Gasteiger partial charge < -0.3 is 9.64 Å². The van der Waals surface area contributed by atoms with Crippen LogP contribution in [0.3, 0.4) is 0 Å². The molecule has 0 aliphatic carbocycles. The molecule has 2 aromatic heterocycles. The topological polar surface area (TPSA) is 64.4 Å². The van der Waals surface area contributed by atoms with Crippen LogP contribution in [0.5, 0.6) is 0 Å². The first-order valence-corrected chi connectivity index (χ1v) is 9.83. The van der Waals surface area contributed by atoms with Crippen LogP contribution in [0.1, 0.15) is 28.2 Å². The number of hydrogen-bond donors (Lipinski definition) is 0. The molecule has 1 saturated heterocycles. The SMILES string of the molecule is COC(=O)C1CCCN1C(=O)c1cc2c(C)nn(-c3ccccc3Cl)c2s1. The summed E-state index contributed by atoms with van der Waals surface area (Å²) in [6, 6.07) is 8.81. The number of ether oxygens (including phenoxy) is 1. The highest BCUT2D eigenvalue weighted by molar-refractivity contribution is 7.20. The Morgan fingerprint density at radius 1 is 1.33 bits per heavy atom. The number of aromatic nitrogens is 2. The Hall–Kier alpha value is -2.38. The van der Waals surface area contributed by atoms with Crippen molar-refractivity contribution in [3.8, 4) is 5.69 Å². The van der Waals surface area contributed by atoms with Gasteiger partial charge in [-0.2, -0.15) is 5.10 Å². The average molecular weight is 404 g/mol. The fourth-order valence-electron chi connectivity index (χ4n) is 3.47. The summed E-state index contributed by atoms with van der Waals surface area (Å²) in [6.45, 7) is 2.46. The number of para-hydroxylation sites is 1. The maximum atomic E-state index is 13.0. The number of carbonyl (C=O) groups excluding carboxylic acids is 2. The van der Waals surface area contributed by atoms with Gasteiger partial charge in [-0.3, -0.25) is 4.79 Å². The number of methoxy groups -OCH3 is 1. The first-order valence-electron chi connectivity index (χ1n) is 8.64. The summed E-state index contributed by atoms with van der Waals surface area (Å²) in [7, 11) is 1.35. The first kappa shape index (κ1) is 18.0. The maximum Gasteiger partial charge on any atom is 0.328 e. The lowest BCUT2D eigenvalue weighted by Crippen LogP contribution is -2.40. The van der Waals surface area contributed by atoms with Gasteiger partial charge in [0.2, 0.25) is 0 Å². The van der Waals surface area contributed by atoms with Crippen LogP contribution in [0.2, 0.25) is 5.02 Å². The molecule has 3 aromatic rings. The molecule has 27 heavy (non-hydrogen) atoms. The molecule has 1 aliphatic heterocycles. The molecule has 1 atom stereocenters. The number of fused-ring (bicyclic) bond motifs is 1. The third kappa shape index (κ3) is 3.00. The van der Waals surface area contributed by atoms with E-state index in [-0.39, 0.29) is 11.9 Å². The van der Waals surface area contributed by atoms with Gasteiger partial charge >= 0.3 is 5.97 Å². The molecule has 8 heteroatoms. The third-order valence-corrected chi connectivity index (χ3v) is 6.24. The molecule has 0 saturated carbocycles. The molecule has 4 rings (SSSR count). The van der Waals surface area contributed by atoms with Gasteiger partial charge in [0.25, 0.3) is 5.91 Å². The van der Waals surface area contributed by atoms with Crippen molar-refractivity contribution in [2.75, 3.05) is 13.7 Å². The second-order valence-corrected chi connectivity index (χ2v) is 7.90. The minimum atomic E-state index is -0.506. The highest BCUT2D eigenvalue weighted by Gasteiger charge is 2.36. The van der Waals surface area contributed by atoms with Crippen LogP contribution in [0, 0.1) is 6.92 Å². The summed E-state index contributed by atoms with van der Waals surface area (Å²) < 4.78 is 6.62. The van der Waals surface area contributed by atoms with Crippen LogP contribution in [-0.4, -0.2) is 46.3 Å². The van der Waals surface area contributed by atoms with Crippen molar-refractivity contribution < 1.29 is 14.3 Å². The Balaban J connectivity index is 1.74. The number of hydrogen-bond acceptors (Lipinski definition) is 5. The van der Waals surface area contributed by atoms with E-state index in [1.54, 1.807) is 9.58 Å². The van der Waals surface area contributed by atoms with Gasteiger partial charge in [-0.15, -0.1) is 11.3 Å². The molecule has 1 aliphatic rings. The van der Waals surface area contributed by atoms with Crippen LogP contribution in [-0.2, 0) is 9.53 Å². The normalized spacial score (nSPS) is 16.9. The number of thiophene rings is 1. The van der Waals surface area contributed by atoms with Crippen molar-refractivity contribution in [2.45, 2.75) is 25.8 Å². The van der Waals surface area contributed by atoms with Crippen LogP contribution < -0.4 is 0 Å². The van der Waals surface area contributed by atoms with Gasteiger partial charge in [0.1, 0.15) is 10.9 Å². The van der Waals surface area contributed by atoms with E-state index in [9.17, 15) is 9.59 Å². The van der Waals surface area contributed by atoms with E-state index in [1.807, 2.05) is 37.3 Å². The van der Waals surface area contributed by atoms with E-state index in [2.05, 4.69) is 5.10 Å². The van der Waals surface area contributed by atoms with Crippen LogP contribution in [0.4, 0.5) is 0 Å². The lowest BCUT2D eigenvalue weighted by Gasteiger charge is -2.21. The number of benzene rings is 1. The van der Waals surface area contributed by atoms with Crippen molar-refractivity contribution in [2.24, 2.45) is 0 Å². The molecule has 1 amide bonds. The summed E-state index contributed by atoms with van der Waals surface area (Å²) in [5.74, 6) is -0.505. The molecular formula is C19H18ClN3O3S. The number of aryl methyl sites for hydroxylation is 1. The molecule has 1 unspecified atom stereocenters. The largest absolute Gasteiger partial charge is 0.467 e. The van der Waals surface area contributed by atoms with E-state index in [0.717, 1.165) is 28.0 Å². The highest BCUT2D eigenvalue weighted by Crippen LogP contribution is 2.34. The minimum Gasteiger partial charge on any atom is -0.467 e. The zero-order valence-corrected chi connectivity index (χ0v) is 16.5. The summed E-state index contributed by atoms with van der Waals surface area (Å²) >= 11 is 7.69. The Labute approximate surface area is 165 Å². The van der Waals surface area contributed by atoms with Gasteiger partial charge in [-0.25, -0.2) is 9.48 Å². The monoisotopic (exact) mass is 403 g/mol. The average Bonchev–Trinajstić information content (AvgIpc) is 3.38. The Kier molecular flexibility index (Phi) is 4.65. The van der Waals surface area contributed by atoms with E-state index in [4.69, 9.17) is 16.3 Å². The number of rotatable bonds is 3. The van der Waals surface area contributed by atoms with Gasteiger partial charge in [0.05, 0.1) is 28.4 Å². The molecule has 3 heterocycles. The molecule has 1 fully saturated rings. The highest BCUT2D eigenvalue weighted by atomic mass is 35.5. The number of amides is 1. The van der Waals surface area contributed by atoms with Gasteiger partial charge in [0, 0.05) is 11.9 Å². The molecule has 0 N–H and O–H groups in total. The number of halogens is 1. The minimum absolute atomic E-state index is 0.144. The summed E-state index contributed by atoms with van der Waals surface area (Å²) in [5, 5.41) is 6.08. The van der Waals surface area contributed by atoms with E-state index < -0.39 is 6.04 Å². The second-order valence-electron chi connectivity index (χ2n) is 6.46. The van der Waals surface area contributed by atoms with Gasteiger partial charge in [-0.1, -0.05) is 23.7 Å². The predicted molar refractivity (Wildman–Crippen MR) is 105 cm³/mol. The summed E-state index contributed by atoms with van der Waals surface area (Å²) in [6.07, 6.45) is 1.43. The number of nitrogens with zero attached hydrogens (tertiary/aromatic N) is 3. The van der Waals surface area contributed by atoms with Crippen molar-refractivity contribution in [1.82, 2.24) is 14.7 Å². The molecular weight excluding hydrogens is 386 g/mol. The third-order valence-electron chi connectivity index (χ3n) is 4.82. The zero-order valence-electron chi connectivity index (χ0n) is 14.9. The predicted octanol–water partition coefficient (Wildman–Crippen LogP) is 3.83. The van der Waals surface area contributed by atoms with Crippen molar-refractivity contribution >= 4 is 45.0 Å². The standard InChI is InChI=1S/C19H18ClN3O3S/c1-11-12-10-16(17(24)22-9-5-8-15(22)19(25)26-2)27-18(12)23(21-11)14-7-4-3-6-13(14)20/h3-4,6-7,10,15H,5,8-9H2,1-2H3. The number of likely N-dealkylation sites (tertiary alicyclic amines) is 1. The van der Waals surface area contributed by atoms with Gasteiger partial charge in [-0.05, 0) is 38.0 Å². The van der Waals surface area contributed by atoms with Crippen molar-refractivity contribution in [1.29, 1.82) is 0 Å². The smallest absolute Gasteiger partial charge is 0.328 e. The fourth-order valence-corrected chi connectivity index (χ4v) is 4.82. The molecule has 0 bridgehead atoms. The molecule has 1 aromatic carbocycles. The molecule has 6 nitrogen and oxygen atoms in total.